The van der Waals surface area contributed by atoms with E-state index in [1.165, 1.54) is 0 Å². The summed E-state index contributed by atoms with van der Waals surface area (Å²) in [5.74, 6) is 7.98. The molecule has 10 nitrogen and oxygen atoms in total. The Morgan fingerprint density at radius 1 is 1.27 bits per heavy atom. The first-order chi connectivity index (χ1) is 17.9. The summed E-state index contributed by atoms with van der Waals surface area (Å²) in [6.07, 6.45) is 3.99. The van der Waals surface area contributed by atoms with E-state index in [4.69, 9.17) is 15.1 Å². The average molecular weight is 505 g/mol. The van der Waals surface area contributed by atoms with E-state index in [2.05, 4.69) is 49.7 Å². The molecule has 37 heavy (non-hydrogen) atoms. The third-order valence-electron chi connectivity index (χ3n) is 6.03. The molecule has 1 atom stereocenters. The Hall–Kier alpha value is -3.89. The zero-order valence-electron chi connectivity index (χ0n) is 21.7. The Morgan fingerprint density at radius 3 is 2.81 bits per heavy atom. The van der Waals surface area contributed by atoms with Crippen molar-refractivity contribution in [3.63, 3.8) is 0 Å². The van der Waals surface area contributed by atoms with Crippen LogP contribution in [-0.2, 0) is 6.54 Å². The fraction of sp³-hybridized carbons (Fsp3) is 0.370. The Balaban J connectivity index is 1.50. The Morgan fingerprint density at radius 2 is 2.08 bits per heavy atom. The summed E-state index contributed by atoms with van der Waals surface area (Å²) in [7, 11) is 2.10. The molecule has 1 aromatic carbocycles. The van der Waals surface area contributed by atoms with Crippen LogP contribution < -0.4 is 26.6 Å². The molecule has 1 saturated heterocycles. The lowest BCUT2D eigenvalue weighted by Crippen LogP contribution is -2.38. The number of hydrazine groups is 1. The smallest absolute Gasteiger partial charge is 0.228 e. The van der Waals surface area contributed by atoms with Crippen molar-refractivity contribution in [2.24, 2.45) is 11.8 Å². The third-order valence-corrected chi connectivity index (χ3v) is 6.03. The molecule has 3 aromatic rings. The Bertz CT molecular complexity index is 1210. The predicted octanol–water partition coefficient (Wildman–Crippen LogP) is 4.15. The van der Waals surface area contributed by atoms with E-state index in [0.29, 0.717) is 35.6 Å². The predicted molar refractivity (Wildman–Crippen MR) is 145 cm³/mol. The molecule has 1 fully saturated rings. The number of anilines is 2. The van der Waals surface area contributed by atoms with Crippen molar-refractivity contribution in [3.8, 4) is 17.1 Å². The van der Waals surface area contributed by atoms with Crippen molar-refractivity contribution in [3.05, 3.63) is 72.3 Å². The van der Waals surface area contributed by atoms with Gasteiger partial charge in [0, 0.05) is 35.6 Å². The molecule has 0 aliphatic carbocycles. The van der Waals surface area contributed by atoms with Crippen LogP contribution in [-0.4, -0.2) is 46.3 Å². The molecule has 0 radical (unpaired) electrons. The molecular formula is C27H36N8O2. The van der Waals surface area contributed by atoms with Gasteiger partial charge >= 0.3 is 0 Å². The van der Waals surface area contributed by atoms with Gasteiger partial charge in [-0.2, -0.15) is 9.97 Å². The van der Waals surface area contributed by atoms with Crippen LogP contribution in [0.2, 0.25) is 0 Å². The van der Waals surface area contributed by atoms with E-state index in [-0.39, 0.29) is 12.0 Å². The number of hydrogen-bond donors (Lipinski definition) is 4. The van der Waals surface area contributed by atoms with Gasteiger partial charge in [-0.25, -0.2) is 0 Å². The first-order valence-corrected chi connectivity index (χ1v) is 12.5. The minimum Gasteiger partial charge on any atom is -0.473 e. The Kier molecular flexibility index (Phi) is 8.76. The molecule has 1 aliphatic heterocycles. The fourth-order valence-electron chi connectivity index (χ4n) is 4.09. The van der Waals surface area contributed by atoms with Gasteiger partial charge < -0.3 is 30.2 Å². The highest BCUT2D eigenvalue weighted by Gasteiger charge is 2.20. The number of nitrogens with two attached hydrogens (primary N) is 1. The number of ether oxygens (including phenoxy) is 1. The standard InChI is InChI=1S/C27H36N8O2/c1-18(2)23(33-28)13-19(3)30-25-15-26(36-21-11-8-12-35(4)17-21)32-27(31-25)29-16-22-14-24(34-37-22)20-9-6-5-7-10-20/h5-7,9-10,13-15,18,21,33H,3,8,11-12,16-17,28H2,1-2,4H3,(H2,29,30,31,32)/b23-13-. The van der Waals surface area contributed by atoms with Gasteiger partial charge in [-0.05, 0) is 38.4 Å². The minimum atomic E-state index is 0.0640. The normalized spacial score (nSPS) is 16.5. The maximum absolute atomic E-state index is 6.26. The second-order valence-electron chi connectivity index (χ2n) is 9.51. The molecule has 2 aromatic heterocycles. The lowest BCUT2D eigenvalue weighted by Gasteiger charge is -2.29. The molecule has 5 N–H and O–H groups in total. The molecule has 1 unspecified atom stereocenters. The molecule has 4 rings (SSSR count). The summed E-state index contributed by atoms with van der Waals surface area (Å²) < 4.78 is 11.8. The van der Waals surface area contributed by atoms with Gasteiger partial charge in [0.2, 0.25) is 11.8 Å². The number of piperidine rings is 1. The van der Waals surface area contributed by atoms with Crippen LogP contribution >= 0.6 is 0 Å². The third kappa shape index (κ3) is 7.55. The lowest BCUT2D eigenvalue weighted by atomic mass is 10.1. The molecule has 0 saturated carbocycles. The van der Waals surface area contributed by atoms with Gasteiger partial charge in [0.1, 0.15) is 17.6 Å². The number of allylic oxidation sites excluding steroid dienone is 2. The number of likely N-dealkylation sites (N-methyl/N-ethyl adjacent to an activating group) is 1. The SMILES string of the molecule is C=C(/C=C(\NN)C(C)C)Nc1cc(OC2CCCN(C)C2)nc(NCc2cc(-c3ccccc3)no2)n1. The monoisotopic (exact) mass is 504 g/mol. The molecular weight excluding hydrogens is 468 g/mol. The topological polar surface area (TPSA) is 126 Å². The second-order valence-corrected chi connectivity index (χ2v) is 9.51. The van der Waals surface area contributed by atoms with Gasteiger partial charge in [-0.15, -0.1) is 0 Å². The summed E-state index contributed by atoms with van der Waals surface area (Å²) in [4.78, 5) is 11.5. The number of rotatable bonds is 11. The summed E-state index contributed by atoms with van der Waals surface area (Å²) in [5.41, 5.74) is 5.98. The average Bonchev–Trinajstić information content (AvgIpc) is 3.35. The maximum Gasteiger partial charge on any atom is 0.228 e. The van der Waals surface area contributed by atoms with E-state index in [0.717, 1.165) is 42.9 Å². The zero-order chi connectivity index (χ0) is 26.2. The summed E-state index contributed by atoms with van der Waals surface area (Å²) in [6, 6.07) is 13.6. The highest BCUT2D eigenvalue weighted by molar-refractivity contribution is 5.58. The number of aromatic nitrogens is 3. The fourth-order valence-corrected chi connectivity index (χ4v) is 4.09. The first-order valence-electron chi connectivity index (χ1n) is 12.5. The van der Waals surface area contributed by atoms with Crippen LogP contribution in [0.4, 0.5) is 11.8 Å². The lowest BCUT2D eigenvalue weighted by molar-refractivity contribution is 0.100. The number of hydrogen-bond acceptors (Lipinski definition) is 10. The van der Waals surface area contributed by atoms with Crippen LogP contribution in [0.25, 0.3) is 11.3 Å². The molecule has 10 heteroatoms. The van der Waals surface area contributed by atoms with Gasteiger partial charge in [0.15, 0.2) is 5.76 Å². The highest BCUT2D eigenvalue weighted by atomic mass is 16.5. The van der Waals surface area contributed by atoms with Crippen molar-refractivity contribution in [1.82, 2.24) is 25.5 Å². The molecule has 0 amide bonds. The largest absolute Gasteiger partial charge is 0.473 e. The van der Waals surface area contributed by atoms with Crippen LogP contribution in [0.1, 0.15) is 32.4 Å². The first kappa shape index (κ1) is 26.2. The van der Waals surface area contributed by atoms with Crippen molar-refractivity contribution >= 4 is 11.8 Å². The van der Waals surface area contributed by atoms with Crippen molar-refractivity contribution < 1.29 is 9.26 Å². The van der Waals surface area contributed by atoms with Gasteiger partial charge in [0.25, 0.3) is 0 Å². The quantitative estimate of drug-likeness (QED) is 0.172. The molecule has 3 heterocycles. The molecule has 0 spiro atoms. The van der Waals surface area contributed by atoms with Crippen LogP contribution in [0.15, 0.2) is 71.0 Å². The van der Waals surface area contributed by atoms with Crippen LogP contribution in [0, 0.1) is 5.92 Å². The van der Waals surface area contributed by atoms with Crippen molar-refractivity contribution in [2.75, 3.05) is 30.8 Å². The molecule has 196 valence electrons. The van der Waals surface area contributed by atoms with Crippen LogP contribution in [0.5, 0.6) is 5.88 Å². The minimum absolute atomic E-state index is 0.0640. The number of benzene rings is 1. The van der Waals surface area contributed by atoms with Gasteiger partial charge in [-0.3, -0.25) is 5.84 Å². The van der Waals surface area contributed by atoms with E-state index >= 15 is 0 Å². The second kappa shape index (κ2) is 12.4. The van der Waals surface area contributed by atoms with Crippen molar-refractivity contribution in [1.29, 1.82) is 0 Å². The van der Waals surface area contributed by atoms with E-state index in [1.807, 2.05) is 56.3 Å². The maximum atomic E-state index is 6.26. The number of nitrogens with zero attached hydrogens (tertiary/aromatic N) is 4. The van der Waals surface area contributed by atoms with Crippen molar-refractivity contribution in [2.45, 2.75) is 39.3 Å². The summed E-state index contributed by atoms with van der Waals surface area (Å²) >= 11 is 0. The van der Waals surface area contributed by atoms with Gasteiger partial charge in [0.05, 0.1) is 6.54 Å². The van der Waals surface area contributed by atoms with E-state index in [9.17, 15) is 0 Å². The molecule has 1 aliphatic rings. The summed E-state index contributed by atoms with van der Waals surface area (Å²) in [5, 5.41) is 10.6. The summed E-state index contributed by atoms with van der Waals surface area (Å²) in [6.45, 7) is 10.5. The molecule has 0 bridgehead atoms. The van der Waals surface area contributed by atoms with Crippen LogP contribution in [0.3, 0.4) is 0 Å². The van der Waals surface area contributed by atoms with Gasteiger partial charge in [-0.1, -0.05) is 55.9 Å². The highest BCUT2D eigenvalue weighted by Crippen LogP contribution is 2.23. The number of nitrogens with one attached hydrogen (secondary N) is 3. The van der Waals surface area contributed by atoms with E-state index in [1.54, 1.807) is 6.07 Å². The zero-order valence-corrected chi connectivity index (χ0v) is 21.7. The number of likely N-dealkylation sites (tertiary alicyclic amines) is 1. The Labute approximate surface area is 218 Å². The van der Waals surface area contributed by atoms with E-state index < -0.39 is 0 Å².